The van der Waals surface area contributed by atoms with E-state index in [4.69, 9.17) is 4.42 Å². The summed E-state index contributed by atoms with van der Waals surface area (Å²) in [7, 11) is 0. The SMILES string of the molecule is Cc1ccc(-c2nnc(SCC=O)o2)cc1. The van der Waals surface area contributed by atoms with Gasteiger partial charge < -0.3 is 9.21 Å². The van der Waals surface area contributed by atoms with Crippen molar-refractivity contribution in [3.63, 3.8) is 0 Å². The first-order valence-electron chi connectivity index (χ1n) is 4.76. The molecule has 5 heteroatoms. The standard InChI is InChI=1S/C11H10N2O2S/c1-8-2-4-9(5-3-8)10-12-13-11(15-10)16-7-6-14/h2-6H,7H2,1H3. The van der Waals surface area contributed by atoms with E-state index in [1.807, 2.05) is 31.2 Å². The van der Waals surface area contributed by atoms with E-state index >= 15 is 0 Å². The molecule has 1 heterocycles. The summed E-state index contributed by atoms with van der Waals surface area (Å²) in [6, 6.07) is 7.82. The number of aromatic nitrogens is 2. The highest BCUT2D eigenvalue weighted by Gasteiger charge is 2.07. The van der Waals surface area contributed by atoms with E-state index in [1.54, 1.807) is 0 Å². The lowest BCUT2D eigenvalue weighted by atomic mass is 10.1. The number of hydrogen-bond donors (Lipinski definition) is 0. The summed E-state index contributed by atoms with van der Waals surface area (Å²) in [5.74, 6) is 0.809. The first kappa shape index (κ1) is 10.9. The predicted octanol–water partition coefficient (Wildman–Crippen LogP) is 2.34. The Morgan fingerprint density at radius 1 is 1.31 bits per heavy atom. The molecule has 0 fully saturated rings. The van der Waals surface area contributed by atoms with E-state index in [0.717, 1.165) is 11.8 Å². The minimum Gasteiger partial charge on any atom is -0.411 e. The Morgan fingerprint density at radius 3 is 2.75 bits per heavy atom. The molecule has 0 spiro atoms. The van der Waals surface area contributed by atoms with E-state index in [1.165, 1.54) is 17.3 Å². The molecule has 0 saturated carbocycles. The van der Waals surface area contributed by atoms with Crippen molar-refractivity contribution in [1.82, 2.24) is 10.2 Å². The van der Waals surface area contributed by atoms with E-state index < -0.39 is 0 Å². The first-order valence-corrected chi connectivity index (χ1v) is 5.75. The van der Waals surface area contributed by atoms with Crippen molar-refractivity contribution in [3.8, 4) is 11.5 Å². The molecular weight excluding hydrogens is 224 g/mol. The van der Waals surface area contributed by atoms with Crippen LogP contribution in [0.25, 0.3) is 11.5 Å². The van der Waals surface area contributed by atoms with Crippen molar-refractivity contribution >= 4 is 18.0 Å². The van der Waals surface area contributed by atoms with Gasteiger partial charge in [0.05, 0.1) is 5.75 Å². The highest BCUT2D eigenvalue weighted by Crippen LogP contribution is 2.22. The van der Waals surface area contributed by atoms with Crippen LogP contribution in [0.1, 0.15) is 5.56 Å². The van der Waals surface area contributed by atoms with Crippen LogP contribution in [0.2, 0.25) is 0 Å². The Bertz CT molecular complexity index is 479. The third kappa shape index (κ3) is 2.49. The van der Waals surface area contributed by atoms with E-state index in [-0.39, 0.29) is 0 Å². The molecule has 0 unspecified atom stereocenters. The fourth-order valence-corrected chi connectivity index (χ4v) is 1.63. The Kier molecular flexibility index (Phi) is 3.36. The smallest absolute Gasteiger partial charge is 0.277 e. The normalized spacial score (nSPS) is 10.3. The number of aldehydes is 1. The Labute approximate surface area is 97.1 Å². The molecule has 16 heavy (non-hydrogen) atoms. The molecule has 0 aliphatic carbocycles. The number of benzene rings is 1. The molecule has 1 aromatic carbocycles. The van der Waals surface area contributed by atoms with Gasteiger partial charge in [-0.3, -0.25) is 0 Å². The number of carbonyl (C=O) groups is 1. The molecule has 0 N–H and O–H groups in total. The third-order valence-corrected chi connectivity index (χ3v) is 2.69. The summed E-state index contributed by atoms with van der Waals surface area (Å²) in [6.07, 6.45) is 0.806. The van der Waals surface area contributed by atoms with Crippen LogP contribution in [0.5, 0.6) is 0 Å². The molecule has 0 atom stereocenters. The molecule has 1 aromatic heterocycles. The van der Waals surface area contributed by atoms with Crippen molar-refractivity contribution < 1.29 is 9.21 Å². The van der Waals surface area contributed by atoms with Crippen LogP contribution in [0.4, 0.5) is 0 Å². The summed E-state index contributed by atoms with van der Waals surface area (Å²) >= 11 is 1.23. The Hall–Kier alpha value is -1.62. The summed E-state index contributed by atoms with van der Waals surface area (Å²) in [5.41, 5.74) is 2.06. The minimum atomic E-state index is 0.329. The van der Waals surface area contributed by atoms with Crippen LogP contribution in [-0.2, 0) is 4.79 Å². The zero-order chi connectivity index (χ0) is 11.4. The fourth-order valence-electron chi connectivity index (χ4n) is 1.19. The number of carbonyl (C=O) groups excluding carboxylic acids is 1. The lowest BCUT2D eigenvalue weighted by Gasteiger charge is -1.94. The van der Waals surface area contributed by atoms with Crippen molar-refractivity contribution in [1.29, 1.82) is 0 Å². The average Bonchev–Trinajstić information content (AvgIpc) is 2.76. The van der Waals surface area contributed by atoms with Gasteiger partial charge in [0.15, 0.2) is 0 Å². The minimum absolute atomic E-state index is 0.329. The molecule has 0 amide bonds. The van der Waals surface area contributed by atoms with Gasteiger partial charge in [-0.15, -0.1) is 10.2 Å². The van der Waals surface area contributed by atoms with E-state index in [0.29, 0.717) is 16.9 Å². The molecule has 2 rings (SSSR count). The van der Waals surface area contributed by atoms with E-state index in [2.05, 4.69) is 10.2 Å². The molecule has 82 valence electrons. The second-order valence-corrected chi connectivity index (χ2v) is 4.19. The molecule has 0 saturated heterocycles. The maximum atomic E-state index is 10.2. The molecule has 0 aliphatic rings. The zero-order valence-electron chi connectivity index (χ0n) is 8.71. The van der Waals surface area contributed by atoms with Crippen LogP contribution in [0, 0.1) is 6.92 Å². The molecule has 0 radical (unpaired) electrons. The maximum Gasteiger partial charge on any atom is 0.277 e. The molecule has 2 aromatic rings. The number of nitrogens with zero attached hydrogens (tertiary/aromatic N) is 2. The molecular formula is C11H10N2O2S. The van der Waals surface area contributed by atoms with Crippen LogP contribution < -0.4 is 0 Å². The lowest BCUT2D eigenvalue weighted by Crippen LogP contribution is -1.78. The second-order valence-electron chi connectivity index (χ2n) is 3.22. The number of rotatable bonds is 4. The Morgan fingerprint density at radius 2 is 2.06 bits per heavy atom. The second kappa shape index (κ2) is 4.94. The van der Waals surface area contributed by atoms with Crippen LogP contribution >= 0.6 is 11.8 Å². The van der Waals surface area contributed by atoms with Gasteiger partial charge in [0, 0.05) is 5.56 Å². The summed E-state index contributed by atoms with van der Waals surface area (Å²) < 4.78 is 5.39. The average molecular weight is 234 g/mol. The van der Waals surface area contributed by atoms with Crippen LogP contribution in [-0.4, -0.2) is 22.2 Å². The predicted molar refractivity (Wildman–Crippen MR) is 61.3 cm³/mol. The van der Waals surface area contributed by atoms with Crippen molar-refractivity contribution in [2.24, 2.45) is 0 Å². The molecule has 4 nitrogen and oxygen atoms in total. The number of aryl methyl sites for hydroxylation is 1. The summed E-state index contributed by atoms with van der Waals surface area (Å²) in [6.45, 7) is 2.02. The third-order valence-electron chi connectivity index (χ3n) is 1.98. The van der Waals surface area contributed by atoms with Crippen molar-refractivity contribution in [3.05, 3.63) is 29.8 Å². The molecule has 0 bridgehead atoms. The van der Waals surface area contributed by atoms with Crippen molar-refractivity contribution in [2.45, 2.75) is 12.1 Å². The van der Waals surface area contributed by atoms with E-state index in [9.17, 15) is 4.79 Å². The monoisotopic (exact) mass is 234 g/mol. The quantitative estimate of drug-likeness (QED) is 0.600. The number of hydrogen-bond acceptors (Lipinski definition) is 5. The first-order chi connectivity index (χ1) is 7.79. The largest absolute Gasteiger partial charge is 0.411 e. The van der Waals surface area contributed by atoms with Gasteiger partial charge >= 0.3 is 0 Å². The van der Waals surface area contributed by atoms with Gasteiger partial charge in [0.25, 0.3) is 5.22 Å². The zero-order valence-corrected chi connectivity index (χ0v) is 9.53. The highest BCUT2D eigenvalue weighted by atomic mass is 32.2. The van der Waals surface area contributed by atoms with Gasteiger partial charge in [-0.2, -0.15) is 0 Å². The van der Waals surface area contributed by atoms with Gasteiger partial charge in [-0.1, -0.05) is 29.5 Å². The van der Waals surface area contributed by atoms with Crippen molar-refractivity contribution in [2.75, 3.05) is 5.75 Å². The van der Waals surface area contributed by atoms with Crippen LogP contribution in [0.15, 0.2) is 33.9 Å². The molecule has 0 aliphatic heterocycles. The van der Waals surface area contributed by atoms with Gasteiger partial charge in [-0.25, -0.2) is 0 Å². The Balaban J connectivity index is 2.17. The lowest BCUT2D eigenvalue weighted by molar-refractivity contribution is -0.105. The fraction of sp³-hybridized carbons (Fsp3) is 0.182. The summed E-state index contributed by atoms with van der Waals surface area (Å²) in [5, 5.41) is 8.17. The topological polar surface area (TPSA) is 56.0 Å². The van der Waals surface area contributed by atoms with Gasteiger partial charge in [0.1, 0.15) is 6.29 Å². The van der Waals surface area contributed by atoms with Crippen LogP contribution in [0.3, 0.4) is 0 Å². The van der Waals surface area contributed by atoms with Gasteiger partial charge in [0.2, 0.25) is 5.89 Å². The van der Waals surface area contributed by atoms with Gasteiger partial charge in [-0.05, 0) is 19.1 Å². The number of thioether (sulfide) groups is 1. The highest BCUT2D eigenvalue weighted by molar-refractivity contribution is 7.99. The summed E-state index contributed by atoms with van der Waals surface area (Å²) in [4.78, 5) is 10.2. The maximum absolute atomic E-state index is 10.2.